The first-order valence-electron chi connectivity index (χ1n) is 4.70. The molecule has 1 aromatic rings. The van der Waals surface area contributed by atoms with Gasteiger partial charge in [-0.15, -0.1) is 23.7 Å². The molecule has 4 nitrogen and oxygen atoms in total. The molecule has 0 radical (unpaired) electrons. The zero-order valence-electron chi connectivity index (χ0n) is 8.66. The Balaban J connectivity index is 0.00000196. The maximum atomic E-state index is 11.4. The molecule has 0 fully saturated rings. The van der Waals surface area contributed by atoms with E-state index in [1.807, 2.05) is 0 Å². The van der Waals surface area contributed by atoms with Crippen molar-refractivity contribution >= 4 is 29.7 Å². The molecule has 0 spiro atoms. The molecule has 0 saturated heterocycles. The number of aromatic nitrogens is 1. The third kappa shape index (κ3) is 4.59. The highest BCUT2D eigenvalue weighted by atomic mass is 35.5. The highest BCUT2D eigenvalue weighted by Crippen LogP contribution is 2.08. The molecule has 0 atom stereocenters. The summed E-state index contributed by atoms with van der Waals surface area (Å²) < 4.78 is 0. The fourth-order valence-corrected chi connectivity index (χ4v) is 1.63. The van der Waals surface area contributed by atoms with Gasteiger partial charge in [-0.3, -0.25) is 4.79 Å². The molecule has 86 valence electrons. The number of halogens is 1. The minimum Gasteiger partial charge on any atom is -0.351 e. The maximum Gasteiger partial charge on any atom is 0.270 e. The van der Waals surface area contributed by atoms with E-state index in [0.717, 1.165) is 17.8 Å². The Hall–Kier alpha value is -0.650. The average molecular weight is 250 g/mol. The third-order valence-electron chi connectivity index (χ3n) is 1.77. The summed E-state index contributed by atoms with van der Waals surface area (Å²) >= 11 is 1.42. The summed E-state index contributed by atoms with van der Waals surface area (Å²) in [5, 5.41) is 5.34. The van der Waals surface area contributed by atoms with Crippen molar-refractivity contribution in [3.8, 4) is 0 Å². The molecule has 6 heteroatoms. The minimum absolute atomic E-state index is 0. The number of unbranched alkanes of at least 4 members (excludes halogenated alkanes) is 1. The molecule has 0 saturated carbocycles. The molecule has 1 heterocycles. The largest absolute Gasteiger partial charge is 0.351 e. The molecule has 15 heavy (non-hydrogen) atoms. The third-order valence-corrected chi connectivity index (χ3v) is 2.65. The monoisotopic (exact) mass is 249 g/mol. The molecule has 0 aromatic carbocycles. The molecule has 3 N–H and O–H groups in total. The second kappa shape index (κ2) is 7.62. The van der Waals surface area contributed by atoms with Crippen LogP contribution in [0.2, 0.25) is 0 Å². The van der Waals surface area contributed by atoms with Crippen molar-refractivity contribution in [1.82, 2.24) is 10.3 Å². The van der Waals surface area contributed by atoms with Crippen LogP contribution in [0.5, 0.6) is 0 Å². The lowest BCUT2D eigenvalue weighted by atomic mass is 10.3. The predicted molar refractivity (Wildman–Crippen MR) is 64.5 cm³/mol. The molecule has 0 bridgehead atoms. The van der Waals surface area contributed by atoms with Gasteiger partial charge in [0.05, 0.1) is 0 Å². The van der Waals surface area contributed by atoms with Crippen LogP contribution < -0.4 is 11.1 Å². The van der Waals surface area contributed by atoms with E-state index in [4.69, 9.17) is 5.73 Å². The molecule has 0 unspecified atom stereocenters. The summed E-state index contributed by atoms with van der Waals surface area (Å²) in [5.74, 6) is -0.102. The number of nitrogens with two attached hydrogens (primary N) is 1. The van der Waals surface area contributed by atoms with Gasteiger partial charge in [0, 0.05) is 18.5 Å². The van der Waals surface area contributed by atoms with Crippen molar-refractivity contribution in [2.45, 2.75) is 26.3 Å². The van der Waals surface area contributed by atoms with Crippen molar-refractivity contribution in [3.05, 3.63) is 16.1 Å². The van der Waals surface area contributed by atoms with E-state index in [0.29, 0.717) is 18.8 Å². The van der Waals surface area contributed by atoms with E-state index < -0.39 is 0 Å². The lowest BCUT2D eigenvalue weighted by Gasteiger charge is -2.00. The molecule has 1 rings (SSSR count). The Morgan fingerprint density at radius 1 is 1.67 bits per heavy atom. The van der Waals surface area contributed by atoms with E-state index in [9.17, 15) is 4.79 Å². The summed E-state index contributed by atoms with van der Waals surface area (Å²) in [4.78, 5) is 15.5. The fraction of sp³-hybridized carbons (Fsp3) is 0.556. The van der Waals surface area contributed by atoms with Crippen molar-refractivity contribution in [2.24, 2.45) is 5.73 Å². The van der Waals surface area contributed by atoms with Crippen LogP contribution >= 0.6 is 23.7 Å². The number of nitrogens with zero attached hydrogens (tertiary/aromatic N) is 1. The van der Waals surface area contributed by atoms with Gasteiger partial charge in [-0.25, -0.2) is 4.98 Å². The number of hydrogen-bond acceptors (Lipinski definition) is 4. The lowest BCUT2D eigenvalue weighted by molar-refractivity contribution is 0.0948. The Kier molecular flexibility index (Phi) is 7.29. The number of hydrogen-bond donors (Lipinski definition) is 2. The zero-order valence-corrected chi connectivity index (χ0v) is 10.3. The van der Waals surface area contributed by atoms with Crippen molar-refractivity contribution in [2.75, 3.05) is 6.54 Å². The van der Waals surface area contributed by atoms with E-state index in [-0.39, 0.29) is 18.3 Å². The first-order valence-corrected chi connectivity index (χ1v) is 5.58. The van der Waals surface area contributed by atoms with Gasteiger partial charge in [-0.05, 0) is 6.42 Å². The van der Waals surface area contributed by atoms with Crippen LogP contribution in [-0.2, 0) is 6.54 Å². The first-order chi connectivity index (χ1) is 6.77. The molecule has 0 aliphatic heterocycles. The van der Waals surface area contributed by atoms with Crippen molar-refractivity contribution in [1.29, 1.82) is 0 Å². The van der Waals surface area contributed by atoms with Crippen LogP contribution in [0.1, 0.15) is 35.3 Å². The number of rotatable bonds is 5. The summed E-state index contributed by atoms with van der Waals surface area (Å²) in [7, 11) is 0. The SMILES string of the molecule is CCCCNC(=O)c1csc(CN)n1.Cl. The van der Waals surface area contributed by atoms with Gasteiger partial charge in [0.15, 0.2) is 0 Å². The van der Waals surface area contributed by atoms with Gasteiger partial charge in [0.2, 0.25) is 0 Å². The fourth-order valence-electron chi connectivity index (χ4n) is 0.978. The van der Waals surface area contributed by atoms with Gasteiger partial charge in [-0.1, -0.05) is 13.3 Å². The van der Waals surface area contributed by atoms with E-state index >= 15 is 0 Å². The van der Waals surface area contributed by atoms with Crippen LogP contribution in [0, 0.1) is 0 Å². The minimum atomic E-state index is -0.102. The standard InChI is InChI=1S/C9H15N3OS.ClH/c1-2-3-4-11-9(13)7-6-14-8(5-10)12-7;/h6H,2-5,10H2,1H3,(H,11,13);1H. The van der Waals surface area contributed by atoms with E-state index in [2.05, 4.69) is 17.2 Å². The number of carbonyl (C=O) groups is 1. The van der Waals surface area contributed by atoms with Gasteiger partial charge >= 0.3 is 0 Å². The van der Waals surface area contributed by atoms with Crippen LogP contribution in [0.4, 0.5) is 0 Å². The second-order valence-electron chi connectivity index (χ2n) is 2.94. The maximum absolute atomic E-state index is 11.4. The van der Waals surface area contributed by atoms with Gasteiger partial charge in [0.1, 0.15) is 10.7 Å². The molecule has 0 aliphatic carbocycles. The Bertz CT molecular complexity index is 303. The molecular weight excluding hydrogens is 234 g/mol. The summed E-state index contributed by atoms with van der Waals surface area (Å²) in [6, 6.07) is 0. The topological polar surface area (TPSA) is 68.0 Å². The number of thiazole rings is 1. The number of amides is 1. The van der Waals surface area contributed by atoms with Gasteiger partial charge < -0.3 is 11.1 Å². The summed E-state index contributed by atoms with van der Waals surface area (Å²) in [5.41, 5.74) is 5.88. The number of nitrogens with one attached hydrogen (secondary N) is 1. The Morgan fingerprint density at radius 3 is 2.93 bits per heavy atom. The molecule has 0 aliphatic rings. The smallest absolute Gasteiger partial charge is 0.270 e. The Labute approximate surface area is 99.7 Å². The lowest BCUT2D eigenvalue weighted by Crippen LogP contribution is -2.24. The predicted octanol–water partition coefficient (Wildman–Crippen LogP) is 1.55. The van der Waals surface area contributed by atoms with Crippen LogP contribution in [0.3, 0.4) is 0 Å². The zero-order chi connectivity index (χ0) is 10.4. The average Bonchev–Trinajstić information content (AvgIpc) is 2.66. The van der Waals surface area contributed by atoms with Crippen LogP contribution in [0.25, 0.3) is 0 Å². The van der Waals surface area contributed by atoms with Gasteiger partial charge in [0.25, 0.3) is 5.91 Å². The highest BCUT2D eigenvalue weighted by Gasteiger charge is 2.08. The first kappa shape index (κ1) is 14.3. The van der Waals surface area contributed by atoms with Crippen LogP contribution in [-0.4, -0.2) is 17.4 Å². The molecule has 1 aromatic heterocycles. The van der Waals surface area contributed by atoms with E-state index in [1.54, 1.807) is 5.38 Å². The van der Waals surface area contributed by atoms with E-state index in [1.165, 1.54) is 11.3 Å². The number of carbonyl (C=O) groups excluding carboxylic acids is 1. The highest BCUT2D eigenvalue weighted by molar-refractivity contribution is 7.09. The summed E-state index contributed by atoms with van der Waals surface area (Å²) in [6.45, 7) is 3.19. The molecular formula is C9H16ClN3OS. The second-order valence-corrected chi connectivity index (χ2v) is 3.88. The molecule has 1 amide bonds. The van der Waals surface area contributed by atoms with Crippen molar-refractivity contribution in [3.63, 3.8) is 0 Å². The van der Waals surface area contributed by atoms with Crippen molar-refractivity contribution < 1.29 is 4.79 Å². The quantitative estimate of drug-likeness (QED) is 0.778. The summed E-state index contributed by atoms with van der Waals surface area (Å²) in [6.07, 6.45) is 2.07. The van der Waals surface area contributed by atoms with Gasteiger partial charge in [-0.2, -0.15) is 0 Å². The Morgan fingerprint density at radius 2 is 2.40 bits per heavy atom. The van der Waals surface area contributed by atoms with Crippen LogP contribution in [0.15, 0.2) is 5.38 Å². The normalized spacial score (nSPS) is 9.47.